The lowest BCUT2D eigenvalue weighted by atomic mass is 9.99. The third-order valence-electron chi connectivity index (χ3n) is 4.60. The van der Waals surface area contributed by atoms with Gasteiger partial charge in [-0.05, 0) is 30.0 Å². The van der Waals surface area contributed by atoms with Gasteiger partial charge in [-0.15, -0.1) is 0 Å². The maximum absolute atomic E-state index is 12.1. The fourth-order valence-corrected chi connectivity index (χ4v) is 2.77. The molecule has 0 saturated carbocycles. The maximum atomic E-state index is 12.1. The van der Waals surface area contributed by atoms with Crippen LogP contribution in [0.3, 0.4) is 0 Å². The Morgan fingerprint density at radius 1 is 1.19 bits per heavy atom. The van der Waals surface area contributed by atoms with Crippen LogP contribution in [0.5, 0.6) is 0 Å². The average molecular weight is 291 g/mol. The Morgan fingerprint density at radius 2 is 1.81 bits per heavy atom. The summed E-state index contributed by atoms with van der Waals surface area (Å²) < 4.78 is 0. The summed E-state index contributed by atoms with van der Waals surface area (Å²) in [6, 6.07) is 8.28. The fraction of sp³-hybridized carbons (Fsp3) is 0.588. The van der Waals surface area contributed by atoms with Crippen molar-refractivity contribution in [1.82, 2.24) is 0 Å². The zero-order chi connectivity index (χ0) is 15.2. The zero-order valence-corrected chi connectivity index (χ0v) is 13.5. The molecule has 0 spiro atoms. The number of hydrogen-bond acceptors (Lipinski definition) is 1. The van der Waals surface area contributed by atoms with Crippen LogP contribution < -0.4 is 15.1 Å². The van der Waals surface area contributed by atoms with Crippen LogP contribution >= 0.6 is 0 Å². The summed E-state index contributed by atoms with van der Waals surface area (Å²) in [4.78, 5) is 15.1. The van der Waals surface area contributed by atoms with Gasteiger partial charge in [0, 0.05) is 5.69 Å². The first-order valence-electron chi connectivity index (χ1n) is 8.13. The molecule has 0 bridgehead atoms. The Bertz CT molecular complexity index is 450. The van der Waals surface area contributed by atoms with Crippen molar-refractivity contribution >= 4 is 11.6 Å². The number of carbonyl (C=O) groups is 1. The number of likely N-dealkylation sites (N-methyl/N-ethyl adjacent to an activating group) is 1. The summed E-state index contributed by atoms with van der Waals surface area (Å²) in [6.45, 7) is 9.50. The van der Waals surface area contributed by atoms with E-state index in [1.165, 1.54) is 10.5 Å². The van der Waals surface area contributed by atoms with Crippen LogP contribution in [0.2, 0.25) is 0 Å². The van der Waals surface area contributed by atoms with Crippen molar-refractivity contribution in [3.63, 3.8) is 0 Å². The van der Waals surface area contributed by atoms with Crippen molar-refractivity contribution in [1.29, 1.82) is 0 Å². The molecular formula is C17H29N3O+2. The van der Waals surface area contributed by atoms with Gasteiger partial charge in [-0.2, -0.15) is 0 Å². The number of piperazine rings is 1. The highest BCUT2D eigenvalue weighted by Crippen LogP contribution is 2.20. The van der Waals surface area contributed by atoms with E-state index in [1.807, 2.05) is 12.1 Å². The van der Waals surface area contributed by atoms with E-state index in [-0.39, 0.29) is 5.91 Å². The summed E-state index contributed by atoms with van der Waals surface area (Å²) >= 11 is 0. The molecular weight excluding hydrogens is 262 g/mol. The van der Waals surface area contributed by atoms with Crippen LogP contribution in [0, 0.1) is 0 Å². The third kappa shape index (κ3) is 4.83. The van der Waals surface area contributed by atoms with Crippen LogP contribution in [0.4, 0.5) is 5.69 Å². The Hall–Kier alpha value is -1.39. The Balaban J connectivity index is 1.82. The molecule has 0 radical (unpaired) electrons. The molecule has 21 heavy (non-hydrogen) atoms. The van der Waals surface area contributed by atoms with Crippen molar-refractivity contribution in [3.8, 4) is 0 Å². The lowest BCUT2D eigenvalue weighted by Crippen LogP contribution is -3.27. The predicted molar refractivity (Wildman–Crippen MR) is 86.0 cm³/mol. The van der Waals surface area contributed by atoms with E-state index < -0.39 is 0 Å². The molecule has 3 N–H and O–H groups in total. The summed E-state index contributed by atoms with van der Waals surface area (Å²) in [5.41, 5.74) is 2.24. The van der Waals surface area contributed by atoms with E-state index in [4.69, 9.17) is 0 Å². The number of anilines is 1. The van der Waals surface area contributed by atoms with Crippen molar-refractivity contribution in [2.75, 3.05) is 45.1 Å². The summed E-state index contributed by atoms with van der Waals surface area (Å²) in [5, 5.41) is 3.02. The lowest BCUT2D eigenvalue weighted by Gasteiger charge is -2.26. The number of benzene rings is 1. The van der Waals surface area contributed by atoms with E-state index in [1.54, 1.807) is 4.90 Å². The lowest BCUT2D eigenvalue weighted by molar-refractivity contribution is -0.999. The van der Waals surface area contributed by atoms with Crippen LogP contribution in [-0.2, 0) is 4.79 Å². The van der Waals surface area contributed by atoms with Crippen molar-refractivity contribution in [2.24, 2.45) is 0 Å². The van der Waals surface area contributed by atoms with E-state index in [0.717, 1.165) is 38.3 Å². The number of carbonyl (C=O) groups excluding carboxylic acids is 1. The molecule has 2 rings (SSSR count). The topological polar surface area (TPSA) is 38.0 Å². The standard InChI is InChI=1S/C17H27N3O/c1-4-14(2)15-5-7-16(8-6-15)18-17(21)13-20-11-9-19(3)10-12-20/h5-8,14H,4,9-13H2,1-3H3,(H,18,21)/p+2/t14-/m0/s1. The van der Waals surface area contributed by atoms with Crippen LogP contribution in [0.1, 0.15) is 31.7 Å². The SMILES string of the molecule is CC[C@H](C)c1ccc(NC(=O)C[NH+]2CC[NH+](C)CC2)cc1. The van der Waals surface area contributed by atoms with Crippen LogP contribution in [-0.4, -0.2) is 45.7 Å². The van der Waals surface area contributed by atoms with E-state index in [2.05, 4.69) is 38.3 Å². The first-order valence-corrected chi connectivity index (χ1v) is 8.13. The number of quaternary nitrogens is 2. The molecule has 1 aliphatic rings. The molecule has 116 valence electrons. The average Bonchev–Trinajstić information content (AvgIpc) is 2.49. The number of nitrogens with one attached hydrogen (secondary N) is 3. The highest BCUT2D eigenvalue weighted by atomic mass is 16.2. The maximum Gasteiger partial charge on any atom is 0.279 e. The van der Waals surface area contributed by atoms with E-state index in [9.17, 15) is 4.79 Å². The van der Waals surface area contributed by atoms with Crippen LogP contribution in [0.15, 0.2) is 24.3 Å². The Labute approximate surface area is 128 Å². The molecule has 4 nitrogen and oxygen atoms in total. The highest BCUT2D eigenvalue weighted by molar-refractivity contribution is 5.91. The molecule has 1 atom stereocenters. The smallest absolute Gasteiger partial charge is 0.279 e. The van der Waals surface area contributed by atoms with Gasteiger partial charge in [-0.25, -0.2) is 0 Å². The molecule has 0 aromatic heterocycles. The summed E-state index contributed by atoms with van der Waals surface area (Å²) in [5.74, 6) is 0.702. The number of amides is 1. The highest BCUT2D eigenvalue weighted by Gasteiger charge is 2.22. The predicted octanol–water partition coefficient (Wildman–Crippen LogP) is -0.448. The number of hydrogen-bond donors (Lipinski definition) is 3. The second-order valence-electron chi connectivity index (χ2n) is 6.36. The van der Waals surface area contributed by atoms with Crippen LogP contribution in [0.25, 0.3) is 0 Å². The number of rotatable bonds is 5. The van der Waals surface area contributed by atoms with Gasteiger partial charge in [0.25, 0.3) is 5.91 Å². The molecule has 1 fully saturated rings. The monoisotopic (exact) mass is 291 g/mol. The first-order chi connectivity index (χ1) is 10.1. The Morgan fingerprint density at radius 3 is 2.38 bits per heavy atom. The molecule has 1 heterocycles. The van der Waals surface area contributed by atoms with Gasteiger partial charge in [-0.1, -0.05) is 26.0 Å². The fourth-order valence-electron chi connectivity index (χ4n) is 2.77. The molecule has 0 unspecified atom stereocenters. The van der Waals surface area contributed by atoms with Gasteiger partial charge < -0.3 is 15.1 Å². The molecule has 1 aromatic carbocycles. The minimum Gasteiger partial charge on any atom is -0.328 e. The molecule has 4 heteroatoms. The molecule has 1 aromatic rings. The third-order valence-corrected chi connectivity index (χ3v) is 4.60. The summed E-state index contributed by atoms with van der Waals surface area (Å²) in [7, 11) is 2.22. The van der Waals surface area contributed by atoms with Gasteiger partial charge in [0.05, 0.1) is 7.05 Å². The van der Waals surface area contributed by atoms with Crippen molar-refractivity contribution < 1.29 is 14.6 Å². The molecule has 1 saturated heterocycles. The van der Waals surface area contributed by atoms with Crippen molar-refractivity contribution in [2.45, 2.75) is 26.2 Å². The van der Waals surface area contributed by atoms with Gasteiger partial charge in [-0.3, -0.25) is 4.79 Å². The molecule has 1 aliphatic heterocycles. The normalized spacial score (nSPS) is 23.6. The minimum absolute atomic E-state index is 0.126. The summed E-state index contributed by atoms with van der Waals surface area (Å²) in [6.07, 6.45) is 1.14. The Kier molecular flexibility index (Phi) is 5.76. The molecule has 1 amide bonds. The zero-order valence-electron chi connectivity index (χ0n) is 13.5. The minimum atomic E-state index is 0.126. The van der Waals surface area contributed by atoms with E-state index >= 15 is 0 Å². The van der Waals surface area contributed by atoms with E-state index in [0.29, 0.717) is 12.5 Å². The van der Waals surface area contributed by atoms with Gasteiger partial charge in [0.1, 0.15) is 26.2 Å². The van der Waals surface area contributed by atoms with Gasteiger partial charge >= 0.3 is 0 Å². The largest absolute Gasteiger partial charge is 0.328 e. The first kappa shape index (κ1) is 16.0. The quantitative estimate of drug-likeness (QED) is 0.676. The van der Waals surface area contributed by atoms with Gasteiger partial charge in [0.15, 0.2) is 6.54 Å². The second-order valence-corrected chi connectivity index (χ2v) is 6.36. The molecule has 0 aliphatic carbocycles. The second kappa shape index (κ2) is 7.57. The van der Waals surface area contributed by atoms with Crippen molar-refractivity contribution in [3.05, 3.63) is 29.8 Å². The van der Waals surface area contributed by atoms with Gasteiger partial charge in [0.2, 0.25) is 0 Å².